The Labute approximate surface area is 109 Å². The second-order valence-corrected chi connectivity index (χ2v) is 4.64. The third-order valence-corrected chi connectivity index (χ3v) is 3.58. The van der Waals surface area contributed by atoms with E-state index in [-0.39, 0.29) is 12.3 Å². The number of rotatable bonds is 3. The SMILES string of the molecule is CC[C@]1(CO)O[C@@H](N2C=CC(N)=NC2O)[C@@H](F)[C@@H]1O. The Morgan fingerprint density at radius 2 is 2.26 bits per heavy atom. The van der Waals surface area contributed by atoms with E-state index in [1.54, 1.807) is 6.92 Å². The zero-order valence-electron chi connectivity index (χ0n) is 10.5. The number of aliphatic imine (C=N–C) groups is 1. The van der Waals surface area contributed by atoms with E-state index < -0.39 is 37.1 Å². The molecule has 5 N–H and O–H groups in total. The standard InChI is InChI=1S/C11H18FN3O4/c1-2-11(5-16)8(17)7(12)9(19-11)15-4-3-6(13)14-10(15)18/h3-4,7-10,16-18H,2,5H2,1H3,(H2,13,14)/t7-,8-,9+,10?,11+/m0/s1. The molecule has 2 aliphatic heterocycles. The number of halogens is 1. The van der Waals surface area contributed by atoms with E-state index in [4.69, 9.17) is 10.5 Å². The summed E-state index contributed by atoms with van der Waals surface area (Å²) >= 11 is 0. The molecule has 1 unspecified atom stereocenters. The molecule has 0 aromatic carbocycles. The fourth-order valence-electron chi connectivity index (χ4n) is 2.28. The van der Waals surface area contributed by atoms with Crippen molar-refractivity contribution in [2.75, 3.05) is 6.61 Å². The highest BCUT2D eigenvalue weighted by molar-refractivity contribution is 5.91. The van der Waals surface area contributed by atoms with Crippen LogP contribution in [0.25, 0.3) is 0 Å². The molecular weight excluding hydrogens is 257 g/mol. The number of hydrogen-bond acceptors (Lipinski definition) is 7. The molecule has 2 aliphatic rings. The van der Waals surface area contributed by atoms with Crippen molar-refractivity contribution >= 4 is 5.84 Å². The van der Waals surface area contributed by atoms with Gasteiger partial charge in [-0.3, -0.25) is 0 Å². The van der Waals surface area contributed by atoms with Gasteiger partial charge < -0.3 is 30.7 Å². The van der Waals surface area contributed by atoms with Gasteiger partial charge in [0.05, 0.1) is 6.61 Å². The molecule has 0 radical (unpaired) electrons. The van der Waals surface area contributed by atoms with Crippen LogP contribution in [0.3, 0.4) is 0 Å². The molecule has 0 aromatic heterocycles. The highest BCUT2D eigenvalue weighted by Gasteiger charge is 2.56. The lowest BCUT2D eigenvalue weighted by atomic mass is 9.94. The molecule has 7 nitrogen and oxygen atoms in total. The van der Waals surface area contributed by atoms with Crippen LogP contribution in [0.2, 0.25) is 0 Å². The van der Waals surface area contributed by atoms with Crippen molar-refractivity contribution in [3.05, 3.63) is 12.3 Å². The van der Waals surface area contributed by atoms with Crippen LogP contribution in [0, 0.1) is 0 Å². The molecule has 8 heteroatoms. The number of alkyl halides is 1. The van der Waals surface area contributed by atoms with Crippen molar-refractivity contribution < 1.29 is 24.4 Å². The Morgan fingerprint density at radius 1 is 1.58 bits per heavy atom. The van der Waals surface area contributed by atoms with Gasteiger partial charge in [0.2, 0.25) is 6.35 Å². The lowest BCUT2D eigenvalue weighted by Gasteiger charge is -2.33. The molecule has 0 saturated carbocycles. The average molecular weight is 275 g/mol. The van der Waals surface area contributed by atoms with Gasteiger partial charge in [0, 0.05) is 6.20 Å². The predicted molar refractivity (Wildman–Crippen MR) is 64.5 cm³/mol. The molecule has 0 aromatic rings. The number of hydrogen-bond donors (Lipinski definition) is 4. The van der Waals surface area contributed by atoms with Crippen LogP contribution in [0.15, 0.2) is 17.3 Å². The van der Waals surface area contributed by atoms with Gasteiger partial charge in [-0.15, -0.1) is 0 Å². The minimum absolute atomic E-state index is 0.113. The summed E-state index contributed by atoms with van der Waals surface area (Å²) in [6, 6.07) is 0. The van der Waals surface area contributed by atoms with Crippen molar-refractivity contribution in [1.82, 2.24) is 4.90 Å². The fraction of sp³-hybridized carbons (Fsp3) is 0.727. The van der Waals surface area contributed by atoms with E-state index in [9.17, 15) is 19.7 Å². The maximum absolute atomic E-state index is 14.2. The predicted octanol–water partition coefficient (Wildman–Crippen LogP) is -1.35. The molecule has 108 valence electrons. The van der Waals surface area contributed by atoms with E-state index in [1.807, 2.05) is 0 Å². The number of aliphatic hydroxyl groups excluding tert-OH is 3. The Bertz CT molecular complexity index is 399. The Balaban J connectivity index is 2.21. The molecule has 1 saturated heterocycles. The second-order valence-electron chi connectivity index (χ2n) is 4.64. The van der Waals surface area contributed by atoms with E-state index in [0.29, 0.717) is 0 Å². The molecule has 0 aliphatic carbocycles. The van der Waals surface area contributed by atoms with Gasteiger partial charge in [0.1, 0.15) is 17.5 Å². The summed E-state index contributed by atoms with van der Waals surface area (Å²) in [6.07, 6.45) is -2.89. The fourth-order valence-corrected chi connectivity index (χ4v) is 2.28. The normalized spacial score (nSPS) is 42.6. The zero-order chi connectivity index (χ0) is 14.2. The summed E-state index contributed by atoms with van der Waals surface area (Å²) in [5.41, 5.74) is 4.04. The quantitative estimate of drug-likeness (QED) is 0.506. The number of nitrogens with two attached hydrogens (primary N) is 1. The van der Waals surface area contributed by atoms with Crippen molar-refractivity contribution in [1.29, 1.82) is 0 Å². The first-order chi connectivity index (χ1) is 8.95. The molecule has 2 heterocycles. The average Bonchev–Trinajstić information content (AvgIpc) is 2.64. The molecular formula is C11H18FN3O4. The third-order valence-electron chi connectivity index (χ3n) is 3.58. The highest BCUT2D eigenvalue weighted by Crippen LogP contribution is 2.37. The van der Waals surface area contributed by atoms with Crippen LogP contribution in [0.5, 0.6) is 0 Å². The highest BCUT2D eigenvalue weighted by atomic mass is 19.1. The summed E-state index contributed by atoms with van der Waals surface area (Å²) in [5, 5.41) is 29.0. The van der Waals surface area contributed by atoms with Gasteiger partial charge in [-0.1, -0.05) is 6.92 Å². The van der Waals surface area contributed by atoms with Crippen LogP contribution in [-0.4, -0.2) is 63.1 Å². The van der Waals surface area contributed by atoms with Gasteiger partial charge >= 0.3 is 0 Å². The smallest absolute Gasteiger partial charge is 0.229 e. The minimum Gasteiger partial charge on any atom is -0.393 e. The maximum Gasteiger partial charge on any atom is 0.229 e. The monoisotopic (exact) mass is 275 g/mol. The molecule has 0 bridgehead atoms. The van der Waals surface area contributed by atoms with Crippen LogP contribution in [-0.2, 0) is 4.74 Å². The summed E-state index contributed by atoms with van der Waals surface area (Å²) in [6.45, 7) is 1.16. The largest absolute Gasteiger partial charge is 0.393 e. The zero-order valence-corrected chi connectivity index (χ0v) is 10.5. The van der Waals surface area contributed by atoms with Crippen LogP contribution < -0.4 is 5.73 Å². The second kappa shape index (κ2) is 5.04. The third kappa shape index (κ3) is 2.20. The first kappa shape index (κ1) is 14.2. The lowest BCUT2D eigenvalue weighted by Crippen LogP contribution is -2.46. The molecule has 19 heavy (non-hydrogen) atoms. The number of amidine groups is 1. The van der Waals surface area contributed by atoms with Crippen molar-refractivity contribution in [2.45, 2.75) is 43.8 Å². The summed E-state index contributed by atoms with van der Waals surface area (Å²) in [4.78, 5) is 4.77. The van der Waals surface area contributed by atoms with E-state index in [1.165, 1.54) is 12.3 Å². The van der Waals surface area contributed by atoms with Crippen LogP contribution >= 0.6 is 0 Å². The molecule has 1 fully saturated rings. The Morgan fingerprint density at radius 3 is 2.74 bits per heavy atom. The Hall–Kier alpha value is -1.22. The Kier molecular flexibility index (Phi) is 3.77. The van der Waals surface area contributed by atoms with Crippen molar-refractivity contribution in [3.8, 4) is 0 Å². The molecule has 5 atom stereocenters. The van der Waals surface area contributed by atoms with Gasteiger partial charge in [0.25, 0.3) is 0 Å². The van der Waals surface area contributed by atoms with Gasteiger partial charge in [-0.2, -0.15) is 0 Å². The number of nitrogens with zero attached hydrogens (tertiary/aromatic N) is 2. The van der Waals surface area contributed by atoms with Gasteiger partial charge in [0.15, 0.2) is 12.4 Å². The first-order valence-electron chi connectivity index (χ1n) is 6.03. The van der Waals surface area contributed by atoms with Crippen molar-refractivity contribution in [2.24, 2.45) is 10.7 Å². The molecule has 2 rings (SSSR count). The van der Waals surface area contributed by atoms with E-state index in [2.05, 4.69) is 4.99 Å². The summed E-state index contributed by atoms with van der Waals surface area (Å²) in [7, 11) is 0. The minimum atomic E-state index is -1.78. The topological polar surface area (TPSA) is 112 Å². The van der Waals surface area contributed by atoms with Crippen molar-refractivity contribution in [3.63, 3.8) is 0 Å². The van der Waals surface area contributed by atoms with Crippen LogP contribution in [0.4, 0.5) is 4.39 Å². The first-order valence-corrected chi connectivity index (χ1v) is 6.03. The summed E-state index contributed by atoms with van der Waals surface area (Å²) in [5.74, 6) is 0.113. The van der Waals surface area contributed by atoms with Gasteiger partial charge in [-0.25, -0.2) is 9.38 Å². The maximum atomic E-state index is 14.2. The van der Waals surface area contributed by atoms with Crippen LogP contribution in [0.1, 0.15) is 13.3 Å². The van der Waals surface area contributed by atoms with E-state index in [0.717, 1.165) is 4.90 Å². The molecule has 0 spiro atoms. The lowest BCUT2D eigenvalue weighted by molar-refractivity contribution is -0.164. The number of ether oxygens (including phenoxy) is 1. The van der Waals surface area contributed by atoms with E-state index >= 15 is 0 Å². The molecule has 0 amide bonds. The number of aliphatic hydroxyl groups is 3. The van der Waals surface area contributed by atoms with Gasteiger partial charge in [-0.05, 0) is 12.5 Å². The summed E-state index contributed by atoms with van der Waals surface area (Å²) < 4.78 is 19.6.